The summed E-state index contributed by atoms with van der Waals surface area (Å²) in [5.74, 6) is 0.710. The standard InChI is InChI=1S/C15H9ClO2/c16-13-6-10(9-17)5-12(7-13)15-8-11-3-1-2-4-14(11)18-15/h1-9H. The Morgan fingerprint density at radius 3 is 2.67 bits per heavy atom. The molecule has 0 N–H and O–H groups in total. The summed E-state index contributed by atoms with van der Waals surface area (Å²) in [6, 6.07) is 14.9. The van der Waals surface area contributed by atoms with E-state index in [0.717, 1.165) is 22.8 Å². The molecular formula is C15H9ClO2. The molecule has 0 unspecified atom stereocenters. The van der Waals surface area contributed by atoms with E-state index < -0.39 is 0 Å². The van der Waals surface area contributed by atoms with Crippen LogP contribution in [0, 0.1) is 0 Å². The molecule has 88 valence electrons. The molecule has 0 amide bonds. The Morgan fingerprint density at radius 1 is 1.06 bits per heavy atom. The average Bonchev–Trinajstić information content (AvgIpc) is 2.81. The normalized spacial score (nSPS) is 10.7. The van der Waals surface area contributed by atoms with E-state index in [1.54, 1.807) is 18.2 Å². The zero-order chi connectivity index (χ0) is 12.5. The van der Waals surface area contributed by atoms with Gasteiger partial charge in [0, 0.05) is 21.5 Å². The molecule has 0 spiro atoms. The Hall–Kier alpha value is -2.06. The van der Waals surface area contributed by atoms with Crippen LogP contribution in [0.25, 0.3) is 22.3 Å². The van der Waals surface area contributed by atoms with Crippen molar-refractivity contribution in [3.05, 3.63) is 59.1 Å². The second-order valence-electron chi connectivity index (χ2n) is 4.04. The maximum absolute atomic E-state index is 10.8. The summed E-state index contributed by atoms with van der Waals surface area (Å²) < 4.78 is 5.73. The summed E-state index contributed by atoms with van der Waals surface area (Å²) in [5, 5.41) is 1.55. The van der Waals surface area contributed by atoms with Gasteiger partial charge in [0.05, 0.1) is 0 Å². The summed E-state index contributed by atoms with van der Waals surface area (Å²) in [5.41, 5.74) is 2.17. The van der Waals surface area contributed by atoms with Gasteiger partial charge in [0.1, 0.15) is 17.6 Å². The fourth-order valence-electron chi connectivity index (χ4n) is 1.95. The van der Waals surface area contributed by atoms with Crippen molar-refractivity contribution in [3.63, 3.8) is 0 Å². The van der Waals surface area contributed by atoms with Crippen LogP contribution >= 0.6 is 11.6 Å². The average molecular weight is 257 g/mol. The van der Waals surface area contributed by atoms with Crippen molar-refractivity contribution in [1.82, 2.24) is 0 Å². The summed E-state index contributed by atoms with van der Waals surface area (Å²) in [7, 11) is 0. The van der Waals surface area contributed by atoms with Crippen LogP contribution in [0.2, 0.25) is 5.02 Å². The van der Waals surface area contributed by atoms with E-state index in [9.17, 15) is 4.79 Å². The molecule has 0 bridgehead atoms. The lowest BCUT2D eigenvalue weighted by molar-refractivity contribution is 0.112. The Balaban J connectivity index is 2.19. The topological polar surface area (TPSA) is 30.2 Å². The van der Waals surface area contributed by atoms with Crippen molar-refractivity contribution in [2.75, 3.05) is 0 Å². The van der Waals surface area contributed by atoms with Crippen LogP contribution in [0.15, 0.2) is 52.9 Å². The number of rotatable bonds is 2. The van der Waals surface area contributed by atoms with Crippen LogP contribution in [0.3, 0.4) is 0 Å². The lowest BCUT2D eigenvalue weighted by Crippen LogP contribution is -1.82. The van der Waals surface area contributed by atoms with Crippen molar-refractivity contribution in [1.29, 1.82) is 0 Å². The van der Waals surface area contributed by atoms with Crippen LogP contribution in [0.4, 0.5) is 0 Å². The van der Waals surface area contributed by atoms with E-state index >= 15 is 0 Å². The van der Waals surface area contributed by atoms with Crippen LogP contribution < -0.4 is 0 Å². The minimum absolute atomic E-state index is 0.523. The van der Waals surface area contributed by atoms with Crippen molar-refractivity contribution in [2.45, 2.75) is 0 Å². The van der Waals surface area contributed by atoms with E-state index in [4.69, 9.17) is 16.0 Å². The third-order valence-corrected chi connectivity index (χ3v) is 2.98. The Kier molecular flexibility index (Phi) is 2.65. The second-order valence-corrected chi connectivity index (χ2v) is 4.48. The van der Waals surface area contributed by atoms with E-state index in [1.807, 2.05) is 30.3 Å². The predicted octanol–water partition coefficient (Wildman–Crippen LogP) is 4.57. The number of hydrogen-bond acceptors (Lipinski definition) is 2. The van der Waals surface area contributed by atoms with Crippen molar-refractivity contribution < 1.29 is 9.21 Å². The van der Waals surface area contributed by atoms with Crippen LogP contribution in [0.5, 0.6) is 0 Å². The highest BCUT2D eigenvalue weighted by atomic mass is 35.5. The lowest BCUT2D eigenvalue weighted by atomic mass is 10.1. The number of halogens is 1. The van der Waals surface area contributed by atoms with Crippen LogP contribution in [-0.4, -0.2) is 6.29 Å². The van der Waals surface area contributed by atoms with Gasteiger partial charge in [0.25, 0.3) is 0 Å². The molecule has 1 heterocycles. The van der Waals surface area contributed by atoms with Crippen molar-refractivity contribution >= 4 is 28.9 Å². The van der Waals surface area contributed by atoms with E-state index in [1.165, 1.54) is 0 Å². The molecule has 0 atom stereocenters. The van der Waals surface area contributed by atoms with Gasteiger partial charge in [0.15, 0.2) is 0 Å². The Bertz CT molecular complexity index is 695. The molecule has 18 heavy (non-hydrogen) atoms. The molecular weight excluding hydrogens is 248 g/mol. The number of hydrogen-bond donors (Lipinski definition) is 0. The van der Waals surface area contributed by atoms with Crippen molar-refractivity contribution in [3.8, 4) is 11.3 Å². The van der Waals surface area contributed by atoms with Crippen LogP contribution in [0.1, 0.15) is 10.4 Å². The highest BCUT2D eigenvalue weighted by Crippen LogP contribution is 2.29. The van der Waals surface area contributed by atoms with E-state index in [-0.39, 0.29) is 0 Å². The number of carbonyl (C=O) groups is 1. The highest BCUT2D eigenvalue weighted by molar-refractivity contribution is 6.31. The van der Waals surface area contributed by atoms with Gasteiger partial charge in [-0.05, 0) is 30.3 Å². The number of carbonyl (C=O) groups excluding carboxylic acids is 1. The molecule has 1 aromatic heterocycles. The first-order chi connectivity index (χ1) is 8.76. The minimum Gasteiger partial charge on any atom is -0.456 e. The third kappa shape index (κ3) is 1.91. The minimum atomic E-state index is 0.523. The molecule has 0 aliphatic heterocycles. The van der Waals surface area contributed by atoms with Gasteiger partial charge in [-0.25, -0.2) is 0 Å². The van der Waals surface area contributed by atoms with Gasteiger partial charge in [-0.15, -0.1) is 0 Å². The maximum Gasteiger partial charge on any atom is 0.150 e. The third-order valence-electron chi connectivity index (χ3n) is 2.77. The number of para-hydroxylation sites is 1. The number of benzene rings is 2. The van der Waals surface area contributed by atoms with Gasteiger partial charge in [-0.3, -0.25) is 4.79 Å². The molecule has 0 saturated carbocycles. The largest absolute Gasteiger partial charge is 0.456 e. The molecule has 0 aliphatic rings. The van der Waals surface area contributed by atoms with Gasteiger partial charge >= 0.3 is 0 Å². The molecule has 2 nitrogen and oxygen atoms in total. The monoisotopic (exact) mass is 256 g/mol. The zero-order valence-electron chi connectivity index (χ0n) is 9.39. The number of aldehydes is 1. The van der Waals surface area contributed by atoms with Crippen LogP contribution in [-0.2, 0) is 0 Å². The fourth-order valence-corrected chi connectivity index (χ4v) is 2.19. The SMILES string of the molecule is O=Cc1cc(Cl)cc(-c2cc3ccccc3o2)c1. The molecule has 3 heteroatoms. The van der Waals surface area contributed by atoms with E-state index in [2.05, 4.69) is 0 Å². The molecule has 2 aromatic carbocycles. The lowest BCUT2D eigenvalue weighted by Gasteiger charge is -1.99. The second kappa shape index (κ2) is 4.31. The quantitative estimate of drug-likeness (QED) is 0.629. The van der Waals surface area contributed by atoms with Gasteiger partial charge in [-0.1, -0.05) is 29.8 Å². The summed E-state index contributed by atoms with van der Waals surface area (Å²) in [6.07, 6.45) is 0.776. The molecule has 3 aromatic rings. The molecule has 0 fully saturated rings. The molecule has 3 rings (SSSR count). The fraction of sp³-hybridized carbons (Fsp3) is 0. The summed E-state index contributed by atoms with van der Waals surface area (Å²) in [4.78, 5) is 10.8. The first-order valence-electron chi connectivity index (χ1n) is 5.51. The predicted molar refractivity (Wildman–Crippen MR) is 72.0 cm³/mol. The highest BCUT2D eigenvalue weighted by Gasteiger charge is 2.07. The number of fused-ring (bicyclic) bond motifs is 1. The number of furan rings is 1. The van der Waals surface area contributed by atoms with Gasteiger partial charge < -0.3 is 4.42 Å². The smallest absolute Gasteiger partial charge is 0.150 e. The summed E-state index contributed by atoms with van der Waals surface area (Å²) >= 11 is 5.98. The molecule has 0 aliphatic carbocycles. The Labute approximate surface area is 109 Å². The summed E-state index contributed by atoms with van der Waals surface area (Å²) in [6.45, 7) is 0. The molecule has 0 radical (unpaired) electrons. The first kappa shape index (κ1) is 11.1. The molecule has 0 saturated heterocycles. The zero-order valence-corrected chi connectivity index (χ0v) is 10.1. The van der Waals surface area contributed by atoms with Gasteiger partial charge in [0.2, 0.25) is 0 Å². The van der Waals surface area contributed by atoms with Gasteiger partial charge in [-0.2, -0.15) is 0 Å². The van der Waals surface area contributed by atoms with Crippen molar-refractivity contribution in [2.24, 2.45) is 0 Å². The maximum atomic E-state index is 10.8. The Morgan fingerprint density at radius 2 is 1.89 bits per heavy atom. The first-order valence-corrected chi connectivity index (χ1v) is 5.89. The van der Waals surface area contributed by atoms with E-state index in [0.29, 0.717) is 16.3 Å².